The molecule has 0 aliphatic carbocycles. The second kappa shape index (κ2) is 41.4. The highest BCUT2D eigenvalue weighted by molar-refractivity contribution is 5.71. The third kappa shape index (κ3) is 38.9. The van der Waals surface area contributed by atoms with Gasteiger partial charge in [-0.3, -0.25) is 14.4 Å². The highest BCUT2D eigenvalue weighted by atomic mass is 16.6. The van der Waals surface area contributed by atoms with Crippen LogP contribution >= 0.6 is 0 Å². The Bertz CT molecular complexity index is 891. The molecule has 0 aromatic carbocycles. The fraction of sp³-hybridized carbons (Fsp3) is 0.804. The van der Waals surface area contributed by atoms with Crippen molar-refractivity contribution >= 4 is 17.9 Å². The molecule has 0 aliphatic heterocycles. The minimum atomic E-state index is -0.772. The Labute approximate surface area is 321 Å². The maximum Gasteiger partial charge on any atom is 0.306 e. The third-order valence-corrected chi connectivity index (χ3v) is 9.37. The van der Waals surface area contributed by atoms with Gasteiger partial charge < -0.3 is 14.2 Å². The van der Waals surface area contributed by atoms with E-state index in [1.54, 1.807) is 0 Å². The molecule has 1 unspecified atom stereocenters. The van der Waals surface area contributed by atoms with Gasteiger partial charge in [-0.25, -0.2) is 0 Å². The average molecular weight is 731 g/mol. The Kier molecular flexibility index (Phi) is 39.5. The van der Waals surface area contributed by atoms with E-state index in [1.165, 1.54) is 89.9 Å². The number of hydrogen-bond donors (Lipinski definition) is 0. The third-order valence-electron chi connectivity index (χ3n) is 9.37. The average Bonchev–Trinajstić information content (AvgIpc) is 3.14. The number of unbranched alkanes of at least 4 members (excludes halogenated alkanes) is 22. The number of ether oxygens (including phenoxy) is 3. The zero-order valence-corrected chi connectivity index (χ0v) is 34.3. The molecule has 1 atom stereocenters. The molecule has 0 bridgehead atoms. The predicted molar refractivity (Wildman–Crippen MR) is 219 cm³/mol. The molecule has 0 N–H and O–H groups in total. The van der Waals surface area contributed by atoms with Crippen LogP contribution < -0.4 is 0 Å². The van der Waals surface area contributed by atoms with Crippen LogP contribution in [0.2, 0.25) is 0 Å². The van der Waals surface area contributed by atoms with Crippen molar-refractivity contribution in [2.45, 2.75) is 226 Å². The molecule has 0 heterocycles. The molecule has 0 spiro atoms. The standard InChI is InChI=1S/C46H82O6/c1-4-7-10-13-15-17-19-20-21-22-23-24-25-27-28-30-33-36-39-45(48)51-42-43(41-50-44(47)38-35-32-12-9-6-3)52-46(49)40-37-34-31-29-26-18-16-14-11-8-5-2/h14,16-17,19,21-22,43H,4-13,15,18,20,23-42H2,1-3H3/b16-14-,19-17-,22-21-. The summed E-state index contributed by atoms with van der Waals surface area (Å²) in [5.74, 6) is -0.911. The first-order valence-corrected chi connectivity index (χ1v) is 22.0. The summed E-state index contributed by atoms with van der Waals surface area (Å²) < 4.78 is 16.6. The first-order chi connectivity index (χ1) is 25.5. The second-order valence-corrected chi connectivity index (χ2v) is 14.6. The quantitative estimate of drug-likeness (QED) is 0.0271. The zero-order chi connectivity index (χ0) is 38.0. The van der Waals surface area contributed by atoms with Crippen molar-refractivity contribution in [3.63, 3.8) is 0 Å². The molecule has 0 saturated heterocycles. The van der Waals surface area contributed by atoms with E-state index in [9.17, 15) is 14.4 Å². The summed E-state index contributed by atoms with van der Waals surface area (Å²) in [6.07, 6.45) is 45.8. The van der Waals surface area contributed by atoms with Crippen LogP contribution in [-0.4, -0.2) is 37.2 Å². The van der Waals surface area contributed by atoms with Gasteiger partial charge in [0.05, 0.1) is 0 Å². The van der Waals surface area contributed by atoms with Gasteiger partial charge in [0.1, 0.15) is 13.2 Å². The largest absolute Gasteiger partial charge is 0.462 e. The van der Waals surface area contributed by atoms with Crippen molar-refractivity contribution in [1.82, 2.24) is 0 Å². The number of rotatable bonds is 39. The first-order valence-electron chi connectivity index (χ1n) is 22.0. The van der Waals surface area contributed by atoms with Gasteiger partial charge in [-0.15, -0.1) is 0 Å². The summed E-state index contributed by atoms with van der Waals surface area (Å²) in [6.45, 7) is 6.47. The van der Waals surface area contributed by atoms with E-state index in [1.807, 2.05) is 0 Å². The summed E-state index contributed by atoms with van der Waals surface area (Å²) in [6, 6.07) is 0. The maximum atomic E-state index is 12.6. The van der Waals surface area contributed by atoms with Gasteiger partial charge in [-0.1, -0.05) is 166 Å². The number of carbonyl (C=O) groups is 3. The summed E-state index contributed by atoms with van der Waals surface area (Å²) in [5.41, 5.74) is 0. The SMILES string of the molecule is CCCC/C=C\CCCCCCCC(=O)OC(COC(=O)CCCCCCC)COC(=O)CCCCCCCCC/C=C\C/C=C\CCCCCC. The molecule has 6 heteroatoms. The topological polar surface area (TPSA) is 78.9 Å². The van der Waals surface area contributed by atoms with Gasteiger partial charge in [0.15, 0.2) is 6.10 Å². The molecular formula is C46H82O6. The maximum absolute atomic E-state index is 12.6. The van der Waals surface area contributed by atoms with Crippen molar-refractivity contribution in [1.29, 1.82) is 0 Å². The number of allylic oxidation sites excluding steroid dienone is 6. The number of esters is 3. The smallest absolute Gasteiger partial charge is 0.306 e. The van der Waals surface area contributed by atoms with Crippen LogP contribution in [0.3, 0.4) is 0 Å². The monoisotopic (exact) mass is 731 g/mol. The minimum Gasteiger partial charge on any atom is -0.462 e. The van der Waals surface area contributed by atoms with E-state index >= 15 is 0 Å². The van der Waals surface area contributed by atoms with E-state index < -0.39 is 6.10 Å². The van der Waals surface area contributed by atoms with E-state index in [-0.39, 0.29) is 31.1 Å². The molecule has 52 heavy (non-hydrogen) atoms. The Morgan fingerprint density at radius 1 is 0.385 bits per heavy atom. The fourth-order valence-electron chi connectivity index (χ4n) is 5.98. The van der Waals surface area contributed by atoms with Crippen LogP contribution in [0.5, 0.6) is 0 Å². The van der Waals surface area contributed by atoms with E-state index in [4.69, 9.17) is 14.2 Å². The van der Waals surface area contributed by atoms with Gasteiger partial charge in [0.25, 0.3) is 0 Å². The van der Waals surface area contributed by atoms with Crippen LogP contribution in [0, 0.1) is 0 Å². The molecule has 0 aromatic rings. The Morgan fingerprint density at radius 2 is 0.712 bits per heavy atom. The zero-order valence-electron chi connectivity index (χ0n) is 34.3. The van der Waals surface area contributed by atoms with Gasteiger partial charge in [0.2, 0.25) is 0 Å². The highest BCUT2D eigenvalue weighted by Crippen LogP contribution is 2.13. The van der Waals surface area contributed by atoms with Crippen molar-refractivity contribution in [3.8, 4) is 0 Å². The molecule has 0 radical (unpaired) electrons. The van der Waals surface area contributed by atoms with Gasteiger partial charge in [0, 0.05) is 19.3 Å². The second-order valence-electron chi connectivity index (χ2n) is 14.6. The number of hydrogen-bond acceptors (Lipinski definition) is 6. The summed E-state index contributed by atoms with van der Waals surface area (Å²) in [5, 5.41) is 0. The lowest BCUT2D eigenvalue weighted by Gasteiger charge is -2.18. The van der Waals surface area contributed by atoms with Crippen molar-refractivity contribution in [2.24, 2.45) is 0 Å². The van der Waals surface area contributed by atoms with Crippen LogP contribution in [-0.2, 0) is 28.6 Å². The Balaban J connectivity index is 4.21. The van der Waals surface area contributed by atoms with E-state index in [0.29, 0.717) is 19.3 Å². The van der Waals surface area contributed by atoms with Crippen LogP contribution in [0.25, 0.3) is 0 Å². The van der Waals surface area contributed by atoms with Gasteiger partial charge in [-0.05, 0) is 70.6 Å². The molecule has 0 fully saturated rings. The molecular weight excluding hydrogens is 648 g/mol. The van der Waals surface area contributed by atoms with Gasteiger partial charge >= 0.3 is 17.9 Å². The molecule has 6 nitrogen and oxygen atoms in total. The van der Waals surface area contributed by atoms with Crippen molar-refractivity contribution in [2.75, 3.05) is 13.2 Å². The van der Waals surface area contributed by atoms with Crippen LogP contribution in [0.15, 0.2) is 36.5 Å². The summed E-state index contributed by atoms with van der Waals surface area (Å²) in [4.78, 5) is 37.4. The van der Waals surface area contributed by atoms with Crippen molar-refractivity contribution in [3.05, 3.63) is 36.5 Å². The Morgan fingerprint density at radius 3 is 1.15 bits per heavy atom. The van der Waals surface area contributed by atoms with E-state index in [2.05, 4.69) is 57.2 Å². The van der Waals surface area contributed by atoms with E-state index in [0.717, 1.165) is 89.9 Å². The molecule has 302 valence electrons. The first kappa shape index (κ1) is 49.6. The lowest BCUT2D eigenvalue weighted by molar-refractivity contribution is -0.167. The summed E-state index contributed by atoms with van der Waals surface area (Å²) >= 11 is 0. The molecule has 0 saturated carbocycles. The lowest BCUT2D eigenvalue weighted by atomic mass is 10.1. The van der Waals surface area contributed by atoms with Crippen molar-refractivity contribution < 1.29 is 28.6 Å². The minimum absolute atomic E-state index is 0.0787. The Hall–Kier alpha value is -2.37. The van der Waals surface area contributed by atoms with Crippen LogP contribution in [0.1, 0.15) is 220 Å². The number of carbonyl (C=O) groups excluding carboxylic acids is 3. The normalized spacial score (nSPS) is 12.3. The van der Waals surface area contributed by atoms with Crippen LogP contribution in [0.4, 0.5) is 0 Å². The predicted octanol–water partition coefficient (Wildman–Crippen LogP) is 13.8. The highest BCUT2D eigenvalue weighted by Gasteiger charge is 2.19. The summed E-state index contributed by atoms with van der Waals surface area (Å²) in [7, 11) is 0. The molecule has 0 aromatic heterocycles. The molecule has 0 amide bonds. The lowest BCUT2D eigenvalue weighted by Crippen LogP contribution is -2.30. The molecule has 0 rings (SSSR count). The fourth-order valence-corrected chi connectivity index (χ4v) is 5.98. The van der Waals surface area contributed by atoms with Gasteiger partial charge in [-0.2, -0.15) is 0 Å². The molecule has 0 aliphatic rings.